The van der Waals surface area contributed by atoms with Crippen molar-refractivity contribution in [3.05, 3.63) is 431 Å². The van der Waals surface area contributed by atoms with E-state index in [-0.39, 0.29) is 12.5 Å². The number of hydrogen-bond acceptors (Lipinski definition) is 6. The van der Waals surface area contributed by atoms with Crippen molar-refractivity contribution in [2.45, 2.75) is 22.2 Å². The predicted octanol–water partition coefficient (Wildman–Crippen LogP) is 15.4. The van der Waals surface area contributed by atoms with Gasteiger partial charge in [0.05, 0.1) is 28.7 Å². The van der Waals surface area contributed by atoms with Gasteiger partial charge in [-0.15, -0.1) is 0 Å². The van der Waals surface area contributed by atoms with Gasteiger partial charge in [0.1, 0.15) is 0 Å². The molecule has 0 aromatic heterocycles. The molecule has 7 nitrogen and oxygen atoms in total. The van der Waals surface area contributed by atoms with E-state index in [1.165, 1.54) is 0 Å². The molecule has 12 rings (SSSR count). The minimum Gasteiger partial charge on any atom is -0.339 e. The summed E-state index contributed by atoms with van der Waals surface area (Å²) < 4.78 is 0. The minimum absolute atomic E-state index is 0.0361. The quantitative estimate of drug-likeness (QED) is 0.0336. The second kappa shape index (κ2) is 30.8. The van der Waals surface area contributed by atoms with E-state index >= 15 is 4.79 Å². The molecule has 4 N–H and O–H groups in total. The van der Waals surface area contributed by atoms with Gasteiger partial charge in [-0.2, -0.15) is 0 Å². The fourth-order valence-electron chi connectivity index (χ4n) is 14.0. The summed E-state index contributed by atoms with van der Waals surface area (Å²) in [5.74, 6) is 0.0361. The van der Waals surface area contributed by atoms with E-state index in [1.54, 1.807) is 0 Å². The number of carbonyl (C=O) groups is 1. The van der Waals surface area contributed by atoms with Gasteiger partial charge in [0.2, 0.25) is 5.91 Å². The van der Waals surface area contributed by atoms with Crippen LogP contribution >= 0.6 is 0 Å². The smallest absolute Gasteiger partial charge is 0.236 e. The molecular weight excluding hydrogens is 1130 g/mol. The Balaban J connectivity index is 0.929. The molecule has 462 valence electrons. The molecule has 0 heterocycles. The molecule has 0 atom stereocenters. The van der Waals surface area contributed by atoms with Crippen molar-refractivity contribution >= 4 is 5.91 Å². The first-order valence-electron chi connectivity index (χ1n) is 32.7. The molecule has 0 saturated carbocycles. The summed E-state index contributed by atoms with van der Waals surface area (Å²) in [6.07, 6.45) is 0. The highest BCUT2D eigenvalue weighted by Gasteiger charge is 2.40. The summed E-state index contributed by atoms with van der Waals surface area (Å²) in [4.78, 5) is 20.8. The molecule has 0 fully saturated rings. The van der Waals surface area contributed by atoms with Crippen molar-refractivity contribution in [3.63, 3.8) is 0 Å². The highest BCUT2D eigenvalue weighted by molar-refractivity contribution is 5.78. The number of benzene rings is 12. The van der Waals surface area contributed by atoms with E-state index in [9.17, 15) is 0 Å². The molecule has 0 aliphatic carbocycles. The van der Waals surface area contributed by atoms with Crippen LogP contribution in [0, 0.1) is 0 Å². The Labute approximate surface area is 550 Å². The summed E-state index contributed by atoms with van der Waals surface area (Å²) >= 11 is 0. The van der Waals surface area contributed by atoms with Crippen molar-refractivity contribution in [3.8, 4) is 0 Å². The highest BCUT2D eigenvalue weighted by atomic mass is 16.2. The van der Waals surface area contributed by atoms with Crippen LogP contribution in [0.15, 0.2) is 364 Å². The Bertz CT molecular complexity index is 3470. The van der Waals surface area contributed by atoms with E-state index in [1.807, 2.05) is 0 Å². The first kappa shape index (κ1) is 63.1. The summed E-state index contributed by atoms with van der Waals surface area (Å²) in [5.41, 5.74) is 10.6. The molecule has 93 heavy (non-hydrogen) atoms. The standard InChI is InChI=1S/C86H82N6O/c93-82(92(67-63-89-85(76-49-25-7-26-50-76,77-51-27-8-28-52-77)78-53-29-9-30-54-78)68-64-90-86(79-55-31-10-32-56-79,80-57-33-11-34-58-80)81-59-35-12-36-60-81)69-91(65-61-87-83(70-37-13-1-14-38-70,71-39-15-2-16-40-71)72-41-17-3-18-42-72)66-62-88-84(73-43-19-4-20-44-73,74-45-21-5-22-46-74)75-47-23-6-24-48-75/h1-60,87-90H,61-69H2. The molecule has 12 aromatic rings. The van der Waals surface area contributed by atoms with Gasteiger partial charge in [0.25, 0.3) is 0 Å². The molecule has 0 bridgehead atoms. The van der Waals surface area contributed by atoms with Crippen LogP contribution in [0.2, 0.25) is 0 Å². The molecular formula is C86H82N6O. The van der Waals surface area contributed by atoms with Crippen LogP contribution in [0.4, 0.5) is 0 Å². The zero-order chi connectivity index (χ0) is 63.3. The Morgan fingerprint density at radius 3 is 0.505 bits per heavy atom. The monoisotopic (exact) mass is 1210 g/mol. The fraction of sp³-hybridized carbons (Fsp3) is 0.151. The van der Waals surface area contributed by atoms with Gasteiger partial charge in [-0.05, 0) is 66.8 Å². The van der Waals surface area contributed by atoms with Gasteiger partial charge in [-0.25, -0.2) is 0 Å². The average molecular weight is 1220 g/mol. The van der Waals surface area contributed by atoms with Crippen molar-refractivity contribution < 1.29 is 4.79 Å². The second-order valence-corrected chi connectivity index (χ2v) is 23.8. The lowest BCUT2D eigenvalue weighted by molar-refractivity contribution is -0.132. The van der Waals surface area contributed by atoms with Crippen molar-refractivity contribution in [2.75, 3.05) is 58.9 Å². The van der Waals surface area contributed by atoms with Gasteiger partial charge in [-0.3, -0.25) is 31.0 Å². The lowest BCUT2D eigenvalue weighted by Crippen LogP contribution is -2.53. The van der Waals surface area contributed by atoms with Gasteiger partial charge in [-0.1, -0.05) is 364 Å². The SMILES string of the molecule is O=C(CN(CCNC(c1ccccc1)(c1ccccc1)c1ccccc1)CCNC(c1ccccc1)(c1ccccc1)c1ccccc1)N(CCNC(c1ccccc1)(c1ccccc1)c1ccccc1)CCNC(c1ccccc1)(c1ccccc1)c1ccccc1. The zero-order valence-electron chi connectivity index (χ0n) is 52.8. The van der Waals surface area contributed by atoms with Crippen LogP contribution in [0.1, 0.15) is 66.8 Å². The first-order valence-corrected chi connectivity index (χ1v) is 32.7. The number of nitrogens with one attached hydrogen (secondary N) is 4. The lowest BCUT2D eigenvalue weighted by atomic mass is 9.77. The molecule has 12 aromatic carbocycles. The van der Waals surface area contributed by atoms with Crippen LogP contribution in [0.3, 0.4) is 0 Å². The van der Waals surface area contributed by atoms with Gasteiger partial charge >= 0.3 is 0 Å². The third-order valence-corrected chi connectivity index (χ3v) is 18.4. The summed E-state index contributed by atoms with van der Waals surface area (Å²) in [6, 6.07) is 129. The molecule has 0 spiro atoms. The van der Waals surface area contributed by atoms with Crippen molar-refractivity contribution in [2.24, 2.45) is 0 Å². The van der Waals surface area contributed by atoms with Gasteiger partial charge in [0.15, 0.2) is 0 Å². The molecule has 0 radical (unpaired) electrons. The van der Waals surface area contributed by atoms with Crippen molar-refractivity contribution in [1.29, 1.82) is 0 Å². The van der Waals surface area contributed by atoms with E-state index in [0.717, 1.165) is 66.8 Å². The maximum Gasteiger partial charge on any atom is 0.236 e. The topological polar surface area (TPSA) is 71.7 Å². The highest BCUT2D eigenvalue weighted by Crippen LogP contribution is 2.41. The van der Waals surface area contributed by atoms with E-state index < -0.39 is 22.2 Å². The lowest BCUT2D eigenvalue weighted by Gasteiger charge is -2.40. The van der Waals surface area contributed by atoms with Crippen LogP contribution in [-0.2, 0) is 27.0 Å². The van der Waals surface area contributed by atoms with Crippen LogP contribution < -0.4 is 21.3 Å². The van der Waals surface area contributed by atoms with Gasteiger partial charge < -0.3 is 4.90 Å². The fourth-order valence-corrected chi connectivity index (χ4v) is 14.0. The number of amides is 1. The van der Waals surface area contributed by atoms with Crippen LogP contribution in [-0.4, -0.2) is 74.6 Å². The Kier molecular flexibility index (Phi) is 20.9. The third-order valence-electron chi connectivity index (χ3n) is 18.4. The molecule has 0 saturated heterocycles. The maximum absolute atomic E-state index is 16.3. The predicted molar refractivity (Wildman–Crippen MR) is 382 cm³/mol. The van der Waals surface area contributed by atoms with Crippen LogP contribution in [0.25, 0.3) is 0 Å². The largest absolute Gasteiger partial charge is 0.339 e. The van der Waals surface area contributed by atoms with Crippen molar-refractivity contribution in [1.82, 2.24) is 31.1 Å². The summed E-state index contributed by atoms with van der Waals surface area (Å²) in [7, 11) is 0. The van der Waals surface area contributed by atoms with Gasteiger partial charge in [0, 0.05) is 52.4 Å². The molecule has 0 aliphatic heterocycles. The normalized spacial score (nSPS) is 11.9. The molecule has 7 heteroatoms. The number of carbonyl (C=O) groups excluding carboxylic acids is 1. The molecule has 0 unspecified atom stereocenters. The van der Waals surface area contributed by atoms with E-state index in [2.05, 4.69) is 395 Å². The number of nitrogens with zero attached hydrogens (tertiary/aromatic N) is 2. The Morgan fingerprint density at radius 2 is 0.355 bits per heavy atom. The Hall–Kier alpha value is -10.1. The third kappa shape index (κ3) is 13.9. The van der Waals surface area contributed by atoms with Crippen LogP contribution in [0.5, 0.6) is 0 Å². The summed E-state index contributed by atoms with van der Waals surface area (Å²) in [6.45, 7) is 4.19. The minimum atomic E-state index is -0.741. The van der Waals surface area contributed by atoms with E-state index in [4.69, 9.17) is 0 Å². The molecule has 0 aliphatic rings. The number of rotatable bonds is 30. The van der Waals surface area contributed by atoms with E-state index in [0.29, 0.717) is 52.4 Å². The number of hydrogen-bond donors (Lipinski definition) is 4. The Morgan fingerprint density at radius 1 is 0.215 bits per heavy atom. The first-order chi connectivity index (χ1) is 46.0. The second-order valence-electron chi connectivity index (χ2n) is 23.8. The molecule has 1 amide bonds. The zero-order valence-corrected chi connectivity index (χ0v) is 52.8. The average Bonchev–Trinajstić information content (AvgIpc) is 0.872. The maximum atomic E-state index is 16.3. The summed E-state index contributed by atoms with van der Waals surface area (Å²) in [5, 5.41) is 16.7.